The van der Waals surface area contributed by atoms with Crippen LogP contribution in [0.15, 0.2) is 18.5 Å². The van der Waals surface area contributed by atoms with E-state index in [9.17, 15) is 4.79 Å². The van der Waals surface area contributed by atoms with E-state index in [1.54, 1.807) is 24.3 Å². The van der Waals surface area contributed by atoms with Gasteiger partial charge < -0.3 is 15.1 Å². The second kappa shape index (κ2) is 6.93. The Hall–Kier alpha value is -1.66. The average molecular weight is 252 g/mol. The van der Waals surface area contributed by atoms with E-state index < -0.39 is 0 Å². The van der Waals surface area contributed by atoms with Gasteiger partial charge in [-0.3, -0.25) is 15.6 Å². The highest BCUT2D eigenvalue weighted by atomic mass is 16.5. The second-order valence-corrected chi connectivity index (χ2v) is 4.15. The molecule has 0 bridgehead atoms. The van der Waals surface area contributed by atoms with Crippen molar-refractivity contribution >= 4 is 11.6 Å². The van der Waals surface area contributed by atoms with Crippen LogP contribution in [0.1, 0.15) is 24.2 Å². The van der Waals surface area contributed by atoms with Crippen molar-refractivity contribution in [3.63, 3.8) is 0 Å². The lowest BCUT2D eigenvalue weighted by Crippen LogP contribution is -2.39. The van der Waals surface area contributed by atoms with Crippen LogP contribution in [-0.2, 0) is 4.74 Å². The summed E-state index contributed by atoms with van der Waals surface area (Å²) in [6.45, 7) is 4.94. The molecule has 1 amide bonds. The van der Waals surface area contributed by atoms with Crippen LogP contribution in [0.4, 0.5) is 5.69 Å². The third kappa shape index (κ3) is 3.41. The Morgan fingerprint density at radius 2 is 2.33 bits per heavy atom. The Labute approximate surface area is 107 Å². The molecule has 0 aliphatic carbocycles. The lowest BCUT2D eigenvalue weighted by molar-refractivity contribution is 0.0635. The summed E-state index contributed by atoms with van der Waals surface area (Å²) < 4.78 is 5.02. The maximum absolute atomic E-state index is 12.4. The number of hydrazine groups is 1. The number of carbonyl (C=O) groups excluding carboxylic acids is 1. The number of hydrogen-bond donors (Lipinski definition) is 2. The van der Waals surface area contributed by atoms with Gasteiger partial charge in [-0.15, -0.1) is 0 Å². The Morgan fingerprint density at radius 3 is 2.89 bits per heavy atom. The lowest BCUT2D eigenvalue weighted by Gasteiger charge is -2.27. The fourth-order valence-corrected chi connectivity index (χ4v) is 1.63. The summed E-state index contributed by atoms with van der Waals surface area (Å²) in [7, 11) is 1.61. The molecule has 0 saturated heterocycles. The lowest BCUT2D eigenvalue weighted by atomic mass is 10.2. The molecule has 18 heavy (non-hydrogen) atoms. The zero-order valence-electron chi connectivity index (χ0n) is 11.0. The zero-order valence-corrected chi connectivity index (χ0v) is 11.0. The van der Waals surface area contributed by atoms with Crippen LogP contribution < -0.4 is 11.3 Å². The molecule has 1 heterocycles. The van der Waals surface area contributed by atoms with E-state index in [4.69, 9.17) is 10.6 Å². The fourth-order valence-electron chi connectivity index (χ4n) is 1.63. The van der Waals surface area contributed by atoms with E-state index in [0.29, 0.717) is 24.4 Å². The van der Waals surface area contributed by atoms with E-state index >= 15 is 0 Å². The molecule has 0 aliphatic heterocycles. The number of nitrogens with zero attached hydrogens (tertiary/aromatic N) is 2. The molecule has 3 N–H and O–H groups in total. The molecule has 0 radical (unpaired) electrons. The summed E-state index contributed by atoms with van der Waals surface area (Å²) in [6.07, 6.45) is 3.10. The van der Waals surface area contributed by atoms with Gasteiger partial charge in [0.2, 0.25) is 0 Å². The standard InChI is InChI=1S/C12H20N4O2/c1-9(2)16(6-7-18-3)12(17)10-8-14-5-4-11(10)15-13/h4-5,8-9H,6-7,13H2,1-3H3,(H,14,15). The van der Waals surface area contributed by atoms with Gasteiger partial charge in [-0.05, 0) is 19.9 Å². The maximum atomic E-state index is 12.4. The number of nitrogen functional groups attached to an aromatic ring is 1. The van der Waals surface area contributed by atoms with Crippen molar-refractivity contribution in [1.82, 2.24) is 9.88 Å². The number of carbonyl (C=O) groups is 1. The Bertz CT molecular complexity index is 395. The number of ether oxygens (including phenoxy) is 1. The minimum Gasteiger partial charge on any atom is -0.383 e. The van der Waals surface area contributed by atoms with Crippen LogP contribution in [0.3, 0.4) is 0 Å². The van der Waals surface area contributed by atoms with Crippen molar-refractivity contribution < 1.29 is 9.53 Å². The third-order valence-electron chi connectivity index (χ3n) is 2.63. The van der Waals surface area contributed by atoms with Crippen molar-refractivity contribution in [3.05, 3.63) is 24.0 Å². The van der Waals surface area contributed by atoms with Crippen LogP contribution in [0.5, 0.6) is 0 Å². The number of methoxy groups -OCH3 is 1. The van der Waals surface area contributed by atoms with Crippen LogP contribution in [0.2, 0.25) is 0 Å². The Kier molecular flexibility index (Phi) is 5.54. The largest absolute Gasteiger partial charge is 0.383 e. The van der Waals surface area contributed by atoms with Crippen LogP contribution in [0.25, 0.3) is 0 Å². The normalized spacial score (nSPS) is 10.5. The molecule has 0 aliphatic rings. The van der Waals surface area contributed by atoms with Gasteiger partial charge in [-0.2, -0.15) is 0 Å². The molecular formula is C12H20N4O2. The number of nitrogens with one attached hydrogen (secondary N) is 1. The number of rotatable bonds is 6. The summed E-state index contributed by atoms with van der Waals surface area (Å²) in [4.78, 5) is 18.1. The molecule has 0 aromatic carbocycles. The van der Waals surface area contributed by atoms with Crippen molar-refractivity contribution in [2.75, 3.05) is 25.7 Å². The monoisotopic (exact) mass is 252 g/mol. The summed E-state index contributed by atoms with van der Waals surface area (Å²) in [5, 5.41) is 0. The first kappa shape index (κ1) is 14.4. The summed E-state index contributed by atoms with van der Waals surface area (Å²) in [5.41, 5.74) is 3.54. The third-order valence-corrected chi connectivity index (χ3v) is 2.63. The van der Waals surface area contributed by atoms with Crippen molar-refractivity contribution in [2.45, 2.75) is 19.9 Å². The molecule has 6 nitrogen and oxygen atoms in total. The molecule has 0 fully saturated rings. The second-order valence-electron chi connectivity index (χ2n) is 4.15. The molecule has 0 spiro atoms. The molecule has 1 rings (SSSR count). The van der Waals surface area contributed by atoms with Crippen molar-refractivity contribution in [1.29, 1.82) is 0 Å². The highest BCUT2D eigenvalue weighted by Crippen LogP contribution is 2.16. The summed E-state index contributed by atoms with van der Waals surface area (Å²) in [5.74, 6) is 5.28. The van der Waals surface area contributed by atoms with Gasteiger partial charge in [0.1, 0.15) is 0 Å². The Morgan fingerprint density at radius 1 is 1.61 bits per heavy atom. The number of aromatic nitrogens is 1. The number of amides is 1. The molecular weight excluding hydrogens is 232 g/mol. The summed E-state index contributed by atoms with van der Waals surface area (Å²) >= 11 is 0. The number of hydrogen-bond acceptors (Lipinski definition) is 5. The minimum absolute atomic E-state index is 0.0819. The van der Waals surface area contributed by atoms with Gasteiger partial charge in [0, 0.05) is 32.1 Å². The van der Waals surface area contributed by atoms with E-state index in [-0.39, 0.29) is 11.9 Å². The smallest absolute Gasteiger partial charge is 0.257 e. The summed E-state index contributed by atoms with van der Waals surface area (Å²) in [6, 6.07) is 1.75. The highest BCUT2D eigenvalue weighted by Gasteiger charge is 2.21. The first-order valence-electron chi connectivity index (χ1n) is 5.82. The first-order valence-corrected chi connectivity index (χ1v) is 5.82. The van der Waals surface area contributed by atoms with Crippen LogP contribution in [0, 0.1) is 0 Å². The highest BCUT2D eigenvalue weighted by molar-refractivity contribution is 5.99. The number of anilines is 1. The molecule has 0 saturated carbocycles. The maximum Gasteiger partial charge on any atom is 0.257 e. The zero-order chi connectivity index (χ0) is 13.5. The Balaban J connectivity index is 2.94. The topological polar surface area (TPSA) is 80.5 Å². The average Bonchev–Trinajstić information content (AvgIpc) is 2.38. The number of pyridine rings is 1. The quantitative estimate of drug-likeness (QED) is 0.580. The minimum atomic E-state index is -0.108. The fraction of sp³-hybridized carbons (Fsp3) is 0.500. The SMILES string of the molecule is COCCN(C(=O)c1cnccc1NN)C(C)C. The molecule has 100 valence electrons. The molecule has 1 aromatic rings. The first-order chi connectivity index (χ1) is 8.61. The van der Waals surface area contributed by atoms with Crippen molar-refractivity contribution in [3.8, 4) is 0 Å². The predicted molar refractivity (Wildman–Crippen MR) is 70.1 cm³/mol. The van der Waals surface area contributed by atoms with Gasteiger partial charge in [-0.25, -0.2) is 0 Å². The molecule has 0 unspecified atom stereocenters. The van der Waals surface area contributed by atoms with Gasteiger partial charge in [0.05, 0.1) is 17.9 Å². The number of nitrogens with two attached hydrogens (primary N) is 1. The molecule has 1 aromatic heterocycles. The predicted octanol–water partition coefficient (Wildman–Crippen LogP) is 0.864. The van der Waals surface area contributed by atoms with E-state index in [1.165, 1.54) is 6.20 Å². The van der Waals surface area contributed by atoms with Gasteiger partial charge in [-0.1, -0.05) is 0 Å². The van der Waals surface area contributed by atoms with E-state index in [0.717, 1.165) is 0 Å². The molecule has 0 atom stereocenters. The van der Waals surface area contributed by atoms with Crippen LogP contribution >= 0.6 is 0 Å². The van der Waals surface area contributed by atoms with Gasteiger partial charge >= 0.3 is 0 Å². The van der Waals surface area contributed by atoms with E-state index in [1.807, 2.05) is 13.8 Å². The van der Waals surface area contributed by atoms with Crippen LogP contribution in [-0.4, -0.2) is 42.1 Å². The van der Waals surface area contributed by atoms with E-state index in [2.05, 4.69) is 10.4 Å². The van der Waals surface area contributed by atoms with Crippen molar-refractivity contribution in [2.24, 2.45) is 5.84 Å². The van der Waals surface area contributed by atoms with Gasteiger partial charge in [0.25, 0.3) is 5.91 Å². The molecule has 6 heteroatoms. The van der Waals surface area contributed by atoms with Gasteiger partial charge in [0.15, 0.2) is 0 Å².